The van der Waals surface area contributed by atoms with Crippen molar-refractivity contribution in [3.8, 4) is 0 Å². The number of aromatic nitrogens is 2. The van der Waals surface area contributed by atoms with Crippen molar-refractivity contribution in [1.82, 2.24) is 10.2 Å². The number of nitrogens with zero attached hydrogens (tertiary/aromatic N) is 2. The summed E-state index contributed by atoms with van der Waals surface area (Å²) in [5, 5.41) is 11.3. The molecule has 1 N–H and O–H groups in total. The highest BCUT2D eigenvalue weighted by Crippen LogP contribution is 2.33. The first-order valence-corrected chi connectivity index (χ1v) is 9.85. The fourth-order valence-corrected chi connectivity index (χ4v) is 3.72. The highest BCUT2D eigenvalue weighted by Gasteiger charge is 2.23. The molecular formula is C17H20BrN3O2S. The summed E-state index contributed by atoms with van der Waals surface area (Å²) in [7, 11) is 0. The normalized spacial score (nSPS) is 16.8. The van der Waals surface area contributed by atoms with Crippen LogP contribution in [0.2, 0.25) is 0 Å². The molecule has 1 aliphatic carbocycles. The molecule has 0 saturated heterocycles. The Bertz CT molecular complexity index is 683. The van der Waals surface area contributed by atoms with Crippen molar-refractivity contribution in [2.45, 2.75) is 55.4 Å². The monoisotopic (exact) mass is 409 g/mol. The largest absolute Gasteiger partial charge is 0.416 e. The highest BCUT2D eigenvalue weighted by molar-refractivity contribution is 9.10. The number of rotatable bonds is 5. The van der Waals surface area contributed by atoms with Crippen LogP contribution >= 0.6 is 27.7 Å². The lowest BCUT2D eigenvalue weighted by atomic mass is 9.89. The van der Waals surface area contributed by atoms with E-state index in [2.05, 4.69) is 31.4 Å². The van der Waals surface area contributed by atoms with E-state index in [-0.39, 0.29) is 11.2 Å². The third-order valence-corrected chi connectivity index (χ3v) is 5.60. The van der Waals surface area contributed by atoms with E-state index >= 15 is 0 Å². The molecule has 128 valence electrons. The van der Waals surface area contributed by atoms with E-state index in [0.29, 0.717) is 11.1 Å². The molecule has 1 amide bonds. The first kappa shape index (κ1) is 17.5. The molecule has 1 fully saturated rings. The van der Waals surface area contributed by atoms with Crippen LogP contribution in [0, 0.1) is 0 Å². The van der Waals surface area contributed by atoms with Crippen LogP contribution in [-0.2, 0) is 4.79 Å². The number of hydrogen-bond acceptors (Lipinski definition) is 5. The van der Waals surface area contributed by atoms with Gasteiger partial charge in [-0.25, -0.2) is 0 Å². The van der Waals surface area contributed by atoms with Crippen molar-refractivity contribution in [2.75, 3.05) is 5.32 Å². The van der Waals surface area contributed by atoms with E-state index < -0.39 is 0 Å². The number of nitrogens with one attached hydrogen (secondary N) is 1. The van der Waals surface area contributed by atoms with Crippen molar-refractivity contribution in [2.24, 2.45) is 0 Å². The molecule has 0 radical (unpaired) electrons. The number of hydrogen-bond donors (Lipinski definition) is 1. The number of carbonyl (C=O) groups is 1. The Labute approximate surface area is 154 Å². The van der Waals surface area contributed by atoms with E-state index in [4.69, 9.17) is 4.42 Å². The minimum Gasteiger partial charge on any atom is -0.416 e. The van der Waals surface area contributed by atoms with Crippen molar-refractivity contribution < 1.29 is 9.21 Å². The Morgan fingerprint density at radius 2 is 1.96 bits per heavy atom. The van der Waals surface area contributed by atoms with Crippen LogP contribution in [0.1, 0.15) is 50.8 Å². The highest BCUT2D eigenvalue weighted by atomic mass is 79.9. The third kappa shape index (κ3) is 4.60. The first-order chi connectivity index (χ1) is 11.6. The fraction of sp³-hybridized carbons (Fsp3) is 0.471. The second kappa shape index (κ2) is 8.16. The first-order valence-electron chi connectivity index (χ1n) is 8.18. The van der Waals surface area contributed by atoms with Crippen molar-refractivity contribution >= 4 is 39.3 Å². The molecule has 1 unspecified atom stereocenters. The molecule has 1 saturated carbocycles. The minimum atomic E-state index is -0.312. The minimum absolute atomic E-state index is 0.0836. The zero-order valence-corrected chi connectivity index (χ0v) is 15.9. The van der Waals surface area contributed by atoms with E-state index in [9.17, 15) is 4.79 Å². The maximum atomic E-state index is 12.3. The van der Waals surface area contributed by atoms with Gasteiger partial charge in [0.05, 0.1) is 5.25 Å². The summed E-state index contributed by atoms with van der Waals surface area (Å²) in [6.45, 7) is 1.84. The SMILES string of the molecule is CC(Sc1nnc(C2CCCCC2)o1)C(=O)Nc1ccc(Br)cc1. The van der Waals surface area contributed by atoms with Gasteiger partial charge in [0.2, 0.25) is 11.8 Å². The van der Waals surface area contributed by atoms with Crippen LogP contribution in [0.5, 0.6) is 0 Å². The topological polar surface area (TPSA) is 68.0 Å². The molecule has 1 heterocycles. The second-order valence-electron chi connectivity index (χ2n) is 6.00. The van der Waals surface area contributed by atoms with Crippen LogP contribution in [0.15, 0.2) is 38.4 Å². The van der Waals surface area contributed by atoms with E-state index in [1.54, 1.807) is 0 Å². The Kier molecular flexibility index (Phi) is 5.94. The number of thioether (sulfide) groups is 1. The predicted octanol–water partition coefficient (Wildman–Crippen LogP) is 5.00. The van der Waals surface area contributed by atoms with Crippen LogP contribution in [0.4, 0.5) is 5.69 Å². The van der Waals surface area contributed by atoms with Crippen molar-refractivity contribution in [3.05, 3.63) is 34.6 Å². The van der Waals surface area contributed by atoms with Gasteiger partial charge in [0.25, 0.3) is 5.22 Å². The summed E-state index contributed by atoms with van der Waals surface area (Å²) >= 11 is 4.67. The van der Waals surface area contributed by atoms with E-state index in [0.717, 1.165) is 28.9 Å². The summed E-state index contributed by atoms with van der Waals surface area (Å²) in [5.74, 6) is 1.02. The lowest BCUT2D eigenvalue weighted by Crippen LogP contribution is -2.22. The Hall–Kier alpha value is -1.34. The van der Waals surface area contributed by atoms with Gasteiger partial charge < -0.3 is 9.73 Å². The lowest BCUT2D eigenvalue weighted by molar-refractivity contribution is -0.115. The molecule has 1 aliphatic rings. The molecule has 1 aromatic heterocycles. The standard InChI is InChI=1S/C17H20BrN3O2S/c1-11(15(22)19-14-9-7-13(18)8-10-14)24-17-21-20-16(23-17)12-5-3-2-4-6-12/h7-12H,2-6H2,1H3,(H,19,22). The molecule has 0 spiro atoms. The molecule has 5 nitrogen and oxygen atoms in total. The number of halogens is 1. The van der Waals surface area contributed by atoms with E-state index in [1.165, 1.54) is 31.0 Å². The molecule has 0 bridgehead atoms. The number of carbonyl (C=O) groups excluding carboxylic acids is 1. The molecule has 1 atom stereocenters. The van der Waals surface area contributed by atoms with Crippen LogP contribution in [-0.4, -0.2) is 21.4 Å². The smallest absolute Gasteiger partial charge is 0.277 e. The molecule has 7 heteroatoms. The predicted molar refractivity (Wildman–Crippen MR) is 98.2 cm³/mol. The third-order valence-electron chi connectivity index (χ3n) is 4.14. The average Bonchev–Trinajstić information content (AvgIpc) is 3.06. The van der Waals surface area contributed by atoms with Gasteiger partial charge in [-0.3, -0.25) is 4.79 Å². The molecule has 24 heavy (non-hydrogen) atoms. The van der Waals surface area contributed by atoms with Gasteiger partial charge in [-0.1, -0.05) is 47.0 Å². The number of benzene rings is 1. The maximum absolute atomic E-state index is 12.3. The summed E-state index contributed by atoms with van der Waals surface area (Å²) in [6, 6.07) is 7.49. The zero-order chi connectivity index (χ0) is 16.9. The van der Waals surface area contributed by atoms with Gasteiger partial charge in [0.15, 0.2) is 0 Å². The number of anilines is 1. The molecule has 1 aromatic carbocycles. The zero-order valence-electron chi connectivity index (χ0n) is 13.5. The van der Waals surface area contributed by atoms with Gasteiger partial charge in [-0.05, 0) is 44.0 Å². The lowest BCUT2D eigenvalue weighted by Gasteiger charge is -2.17. The number of amides is 1. The summed E-state index contributed by atoms with van der Waals surface area (Å²) in [4.78, 5) is 12.3. The summed E-state index contributed by atoms with van der Waals surface area (Å²) in [6.07, 6.45) is 5.97. The van der Waals surface area contributed by atoms with Gasteiger partial charge >= 0.3 is 0 Å². The Balaban J connectivity index is 1.55. The van der Waals surface area contributed by atoms with Gasteiger partial charge in [-0.15, -0.1) is 10.2 Å². The average molecular weight is 410 g/mol. The Morgan fingerprint density at radius 3 is 2.67 bits per heavy atom. The quantitative estimate of drug-likeness (QED) is 0.703. The van der Waals surface area contributed by atoms with Crippen LogP contribution in [0.3, 0.4) is 0 Å². The molecule has 3 rings (SSSR count). The second-order valence-corrected chi connectivity index (χ2v) is 8.21. The maximum Gasteiger partial charge on any atom is 0.277 e. The van der Waals surface area contributed by atoms with E-state index in [1.807, 2.05) is 31.2 Å². The van der Waals surface area contributed by atoms with Crippen molar-refractivity contribution in [3.63, 3.8) is 0 Å². The van der Waals surface area contributed by atoms with Gasteiger partial charge in [-0.2, -0.15) is 0 Å². The van der Waals surface area contributed by atoms with Gasteiger partial charge in [0.1, 0.15) is 0 Å². The molecule has 0 aliphatic heterocycles. The molecular weight excluding hydrogens is 390 g/mol. The van der Waals surface area contributed by atoms with Crippen LogP contribution < -0.4 is 5.32 Å². The Morgan fingerprint density at radius 1 is 1.25 bits per heavy atom. The van der Waals surface area contributed by atoms with Gasteiger partial charge in [0, 0.05) is 16.1 Å². The van der Waals surface area contributed by atoms with Crippen molar-refractivity contribution in [1.29, 1.82) is 0 Å². The van der Waals surface area contributed by atoms with Crippen LogP contribution in [0.25, 0.3) is 0 Å². The fourth-order valence-electron chi connectivity index (χ4n) is 2.76. The summed E-state index contributed by atoms with van der Waals surface area (Å²) < 4.78 is 6.74. The summed E-state index contributed by atoms with van der Waals surface area (Å²) in [5.41, 5.74) is 0.768. The molecule has 2 aromatic rings.